The average Bonchev–Trinajstić information content (AvgIpc) is 2.56. The highest BCUT2D eigenvalue weighted by Crippen LogP contribution is 2.56. The van der Waals surface area contributed by atoms with Crippen LogP contribution >= 0.6 is 0 Å². The van der Waals surface area contributed by atoms with E-state index in [2.05, 4.69) is 40.9 Å². The number of hydrogen-bond donors (Lipinski definition) is 0. The Balaban J connectivity index is 1.26. The molecule has 0 aromatic heterocycles. The predicted molar refractivity (Wildman–Crippen MR) is 319 cm³/mol. The van der Waals surface area contributed by atoms with Gasteiger partial charge in [0.15, 0.2) is 12.2 Å². The quantitative estimate of drug-likeness (QED) is 0.0246. The van der Waals surface area contributed by atoms with Gasteiger partial charge in [-0.2, -0.15) is 0 Å². The van der Waals surface area contributed by atoms with Crippen LogP contribution in [0.15, 0.2) is 25.3 Å². The zero-order valence-corrected chi connectivity index (χ0v) is 51.8. The lowest BCUT2D eigenvalue weighted by atomic mass is 9.54. The van der Waals surface area contributed by atoms with Crippen LogP contribution in [0, 0.1) is 59.2 Å². The summed E-state index contributed by atoms with van der Waals surface area (Å²) in [6.45, 7) is 20.5. The van der Waals surface area contributed by atoms with E-state index in [0.717, 1.165) is 181 Å². The van der Waals surface area contributed by atoms with Crippen molar-refractivity contribution in [2.24, 2.45) is 59.2 Å². The number of fused-ring (bicyclic) bond motifs is 6. The normalized spacial score (nSPS) is 30.3. The van der Waals surface area contributed by atoms with Gasteiger partial charge < -0.3 is 47.4 Å². The van der Waals surface area contributed by atoms with Crippen molar-refractivity contribution in [2.75, 3.05) is 66.1 Å². The lowest BCUT2D eigenvalue weighted by Crippen LogP contribution is -2.52. The molecule has 0 amide bonds. The molecule has 0 N–H and O–H groups in total. The van der Waals surface area contributed by atoms with Crippen LogP contribution in [-0.4, -0.2) is 127 Å². The summed E-state index contributed by atoms with van der Waals surface area (Å²) in [7, 11) is 0. The van der Waals surface area contributed by atoms with Gasteiger partial charge in [0.2, 0.25) is 0 Å². The van der Waals surface area contributed by atoms with E-state index < -0.39 is 36.1 Å². The van der Waals surface area contributed by atoms with Gasteiger partial charge in [0.25, 0.3) is 0 Å². The van der Waals surface area contributed by atoms with E-state index >= 15 is 0 Å². The van der Waals surface area contributed by atoms with Crippen LogP contribution in [0.2, 0.25) is 0 Å². The molecule has 6 aliphatic carbocycles. The lowest BCUT2D eigenvalue weighted by molar-refractivity contribution is -0.192. The Morgan fingerprint density at radius 3 is 1.01 bits per heavy atom. The minimum atomic E-state index is -1.34. The highest BCUT2D eigenvalue weighted by Gasteiger charge is 2.52. The molecule has 0 aromatic carbocycles. The number of ether oxygens (including phenoxy) is 10. The maximum atomic E-state index is 15.0. The van der Waals surface area contributed by atoms with Crippen molar-refractivity contribution in [3.8, 4) is 0 Å². The molecule has 82 heavy (non-hydrogen) atoms. The maximum Gasteiger partial charge on any atom is 0.338 e. The van der Waals surface area contributed by atoms with Crippen molar-refractivity contribution in [1.82, 2.24) is 0 Å². The van der Waals surface area contributed by atoms with Gasteiger partial charge in [-0.3, -0.25) is 0 Å². The Labute approximate surface area is 496 Å². The van der Waals surface area contributed by atoms with E-state index in [-0.39, 0.29) is 49.5 Å². The van der Waals surface area contributed by atoms with Gasteiger partial charge in [-0.1, -0.05) is 66.5 Å². The minimum absolute atomic E-state index is 0.146. The van der Waals surface area contributed by atoms with Gasteiger partial charge in [0, 0.05) is 38.6 Å². The molecule has 0 radical (unpaired) electrons. The standard InChI is InChI=1S/C68H114O14/c1-7-13-33-73-53-25-29-57-49(43-53)41-51(61-45-55(27-31-59(57)61)75-35-15-9-3)47-81-65(67(71)79-39-23-19-17-21-37-77-63(69)11-5)66(68(72)80-40-24-20-18-22-38-78-64(70)12-6)82-48-52-42-50-44-54(74-34-14-8-2)26-30-58(50)60-32-28-56(46-62(52)60)76-36-16-10-4/h11-12,49-62,65-66H,5-10,13-48H2,1-4H3. The third kappa shape index (κ3) is 22.4. The summed E-state index contributed by atoms with van der Waals surface area (Å²) in [6, 6.07) is 0. The van der Waals surface area contributed by atoms with E-state index in [9.17, 15) is 19.2 Å². The zero-order chi connectivity index (χ0) is 58.3. The molecule has 0 saturated heterocycles. The van der Waals surface area contributed by atoms with E-state index in [0.29, 0.717) is 99.5 Å². The first kappa shape index (κ1) is 68.2. The molecule has 6 fully saturated rings. The molecular weight excluding hydrogens is 1040 g/mol. The van der Waals surface area contributed by atoms with E-state index in [1.54, 1.807) is 0 Å². The van der Waals surface area contributed by atoms with Gasteiger partial charge in [-0.15, -0.1) is 0 Å². The summed E-state index contributed by atoms with van der Waals surface area (Å²) in [5.41, 5.74) is 0. The highest BCUT2D eigenvalue weighted by atomic mass is 16.6. The number of esters is 4. The summed E-state index contributed by atoms with van der Waals surface area (Å²) in [5, 5.41) is 0. The Kier molecular flexibility index (Phi) is 32.5. The molecule has 0 aromatic rings. The molecule has 6 aliphatic rings. The first-order valence-electron chi connectivity index (χ1n) is 33.7. The fraction of sp³-hybridized carbons (Fsp3) is 0.882. The smallest absolute Gasteiger partial charge is 0.338 e. The van der Waals surface area contributed by atoms with Crippen LogP contribution in [0.5, 0.6) is 0 Å². The molecule has 6 saturated carbocycles. The second-order valence-corrected chi connectivity index (χ2v) is 25.5. The summed E-state index contributed by atoms with van der Waals surface area (Å²) in [5.74, 6) is 2.27. The molecule has 0 spiro atoms. The number of hydrogen-bond acceptors (Lipinski definition) is 14. The third-order valence-electron chi connectivity index (χ3n) is 19.8. The second-order valence-electron chi connectivity index (χ2n) is 25.5. The number of carbonyl (C=O) groups is 4. The monoisotopic (exact) mass is 1150 g/mol. The topological polar surface area (TPSA) is 161 Å². The number of unbranched alkanes of at least 4 members (excludes halogenated alkanes) is 10. The summed E-state index contributed by atoms with van der Waals surface area (Å²) < 4.78 is 63.1. The first-order valence-corrected chi connectivity index (χ1v) is 33.7. The highest BCUT2D eigenvalue weighted by molar-refractivity contribution is 5.85. The first-order chi connectivity index (χ1) is 40.1. The Bertz CT molecular complexity index is 1700. The van der Waals surface area contributed by atoms with Crippen molar-refractivity contribution in [1.29, 1.82) is 0 Å². The molecule has 0 aliphatic heterocycles. The molecule has 16 unspecified atom stereocenters. The van der Waals surface area contributed by atoms with Gasteiger partial charge in [-0.25, -0.2) is 19.2 Å². The van der Waals surface area contributed by atoms with Crippen LogP contribution in [0.1, 0.15) is 220 Å². The van der Waals surface area contributed by atoms with Crippen molar-refractivity contribution in [2.45, 2.75) is 257 Å². The van der Waals surface area contributed by atoms with E-state index in [4.69, 9.17) is 47.4 Å². The Morgan fingerprint density at radius 1 is 0.366 bits per heavy atom. The SMILES string of the molecule is C=CC(=O)OCCCCCCOC(=O)C(OCC1CC2CC(OCCCC)CCC2C2CCC(OCCCC)CC12)C(OCC1CC2CC(OCCCC)CCC2C2CCC(OCCCC)CC12)C(=O)OCCCCCCOC(=O)C=C. The largest absolute Gasteiger partial charge is 0.464 e. The molecule has 14 nitrogen and oxygen atoms in total. The summed E-state index contributed by atoms with van der Waals surface area (Å²) in [6.07, 6.45) is 29.9. The Hall–Kier alpha value is -2.88. The van der Waals surface area contributed by atoms with Crippen molar-refractivity contribution in [3.05, 3.63) is 25.3 Å². The minimum Gasteiger partial charge on any atom is -0.464 e. The predicted octanol–water partition coefficient (Wildman–Crippen LogP) is 13.9. The van der Waals surface area contributed by atoms with E-state index in [1.807, 2.05) is 0 Å². The van der Waals surface area contributed by atoms with Gasteiger partial charge in [-0.05, 0) is 226 Å². The van der Waals surface area contributed by atoms with Crippen molar-refractivity contribution < 1.29 is 66.5 Å². The van der Waals surface area contributed by atoms with Crippen molar-refractivity contribution in [3.63, 3.8) is 0 Å². The fourth-order valence-electron chi connectivity index (χ4n) is 15.5. The molecular formula is C68H114O14. The molecule has 0 bridgehead atoms. The third-order valence-corrected chi connectivity index (χ3v) is 19.8. The summed E-state index contributed by atoms with van der Waals surface area (Å²) >= 11 is 0. The molecule has 470 valence electrons. The van der Waals surface area contributed by atoms with E-state index in [1.165, 1.54) is 25.0 Å². The lowest BCUT2D eigenvalue weighted by Gasteiger charge is -2.54. The number of rotatable bonds is 41. The average molecular weight is 1160 g/mol. The van der Waals surface area contributed by atoms with Crippen LogP contribution < -0.4 is 0 Å². The van der Waals surface area contributed by atoms with Crippen LogP contribution in [0.25, 0.3) is 0 Å². The molecule has 6 rings (SSSR count). The van der Waals surface area contributed by atoms with Crippen LogP contribution in [0.3, 0.4) is 0 Å². The van der Waals surface area contributed by atoms with Gasteiger partial charge in [0.05, 0.1) is 64.1 Å². The second kappa shape index (κ2) is 39.0. The molecule has 0 heterocycles. The van der Waals surface area contributed by atoms with Gasteiger partial charge in [0.1, 0.15) is 0 Å². The number of carbonyl (C=O) groups excluding carboxylic acids is 4. The van der Waals surface area contributed by atoms with Crippen LogP contribution in [-0.2, 0) is 66.5 Å². The molecule has 16 atom stereocenters. The zero-order valence-electron chi connectivity index (χ0n) is 51.8. The van der Waals surface area contributed by atoms with Crippen LogP contribution in [0.4, 0.5) is 0 Å². The molecule has 14 heteroatoms. The summed E-state index contributed by atoms with van der Waals surface area (Å²) in [4.78, 5) is 53.2. The van der Waals surface area contributed by atoms with Crippen molar-refractivity contribution >= 4 is 23.9 Å². The van der Waals surface area contributed by atoms with Gasteiger partial charge >= 0.3 is 23.9 Å². The fourth-order valence-corrected chi connectivity index (χ4v) is 15.5. The Morgan fingerprint density at radius 2 is 0.683 bits per heavy atom. The maximum absolute atomic E-state index is 15.0.